The summed E-state index contributed by atoms with van der Waals surface area (Å²) in [6, 6.07) is 10.8. The normalized spacial score (nSPS) is 16.8. The third kappa shape index (κ3) is 4.09. The molecule has 0 radical (unpaired) electrons. The average Bonchev–Trinajstić information content (AvgIpc) is 2.61. The van der Waals surface area contributed by atoms with Crippen molar-refractivity contribution < 1.29 is 23.1 Å². The van der Waals surface area contributed by atoms with Gasteiger partial charge in [-0.1, -0.05) is 29.8 Å². The van der Waals surface area contributed by atoms with Crippen LogP contribution in [0.4, 0.5) is 13.6 Å². The van der Waals surface area contributed by atoms with Crippen molar-refractivity contribution in [3.8, 4) is 5.75 Å². The summed E-state index contributed by atoms with van der Waals surface area (Å²) < 4.78 is 30.1. The Labute approximate surface area is 159 Å². The topological polar surface area (TPSA) is 67.4 Å². The van der Waals surface area contributed by atoms with Crippen LogP contribution in [0.1, 0.15) is 28.9 Å². The van der Waals surface area contributed by atoms with Crippen molar-refractivity contribution in [2.24, 2.45) is 0 Å². The van der Waals surface area contributed by atoms with Crippen LogP contribution in [0, 0.1) is 0 Å². The zero-order valence-corrected chi connectivity index (χ0v) is 14.9. The van der Waals surface area contributed by atoms with E-state index in [2.05, 4.69) is 15.4 Å². The molecule has 1 heterocycles. The lowest BCUT2D eigenvalue weighted by molar-refractivity contribution is -0.0505. The molecule has 8 heteroatoms. The molecule has 1 aliphatic rings. The van der Waals surface area contributed by atoms with Crippen LogP contribution in [0.15, 0.2) is 59.8 Å². The van der Waals surface area contributed by atoms with Crippen LogP contribution in [-0.4, -0.2) is 18.4 Å². The minimum absolute atomic E-state index is 0.117. The number of allylic oxidation sites excluding steroid dienone is 1. The van der Waals surface area contributed by atoms with Gasteiger partial charge in [-0.3, -0.25) is 4.79 Å². The summed E-state index contributed by atoms with van der Waals surface area (Å²) in [4.78, 5) is 25.0. The fourth-order valence-corrected chi connectivity index (χ4v) is 3.03. The van der Waals surface area contributed by atoms with Gasteiger partial charge in [-0.2, -0.15) is 8.78 Å². The van der Waals surface area contributed by atoms with Gasteiger partial charge in [0, 0.05) is 27.4 Å². The van der Waals surface area contributed by atoms with Gasteiger partial charge < -0.3 is 15.4 Å². The second-order valence-electron chi connectivity index (χ2n) is 5.82. The molecule has 0 aromatic heterocycles. The highest BCUT2D eigenvalue weighted by Crippen LogP contribution is 2.35. The van der Waals surface area contributed by atoms with Crippen LogP contribution in [0.3, 0.4) is 0 Å². The second kappa shape index (κ2) is 7.75. The third-order valence-electron chi connectivity index (χ3n) is 4.07. The maximum Gasteiger partial charge on any atom is 0.387 e. The molecule has 5 nitrogen and oxygen atoms in total. The van der Waals surface area contributed by atoms with Crippen LogP contribution < -0.4 is 15.4 Å². The molecule has 27 heavy (non-hydrogen) atoms. The number of hydrogen-bond acceptors (Lipinski definition) is 3. The molecule has 0 saturated carbocycles. The predicted octanol–water partition coefficient (Wildman–Crippen LogP) is 4.45. The van der Waals surface area contributed by atoms with Crippen LogP contribution in [0.2, 0.25) is 5.02 Å². The molecular formula is C19H15ClF2N2O3. The molecule has 2 aromatic carbocycles. The van der Waals surface area contributed by atoms with Gasteiger partial charge in [-0.15, -0.1) is 0 Å². The molecule has 0 unspecified atom stereocenters. The van der Waals surface area contributed by atoms with Crippen LogP contribution >= 0.6 is 11.6 Å². The highest BCUT2D eigenvalue weighted by molar-refractivity contribution is 6.30. The number of alkyl halides is 2. The number of amides is 2. The Hall–Kier alpha value is -2.93. The Balaban J connectivity index is 2.08. The van der Waals surface area contributed by atoms with E-state index >= 15 is 0 Å². The van der Waals surface area contributed by atoms with E-state index in [1.54, 1.807) is 37.3 Å². The fourth-order valence-electron chi connectivity index (χ4n) is 2.91. The van der Waals surface area contributed by atoms with Gasteiger partial charge in [0.1, 0.15) is 5.75 Å². The number of rotatable bonds is 5. The number of para-hydroxylation sites is 1. The summed E-state index contributed by atoms with van der Waals surface area (Å²) >= 11 is 5.86. The van der Waals surface area contributed by atoms with Crippen molar-refractivity contribution in [3.63, 3.8) is 0 Å². The number of halogens is 3. The smallest absolute Gasteiger partial charge is 0.387 e. The monoisotopic (exact) mass is 392 g/mol. The van der Waals surface area contributed by atoms with Gasteiger partial charge in [-0.05, 0) is 37.3 Å². The van der Waals surface area contributed by atoms with Gasteiger partial charge in [0.2, 0.25) is 0 Å². The highest BCUT2D eigenvalue weighted by atomic mass is 35.5. The van der Waals surface area contributed by atoms with E-state index in [0.717, 1.165) is 0 Å². The van der Waals surface area contributed by atoms with E-state index in [-0.39, 0.29) is 22.7 Å². The highest BCUT2D eigenvalue weighted by Gasteiger charge is 2.33. The van der Waals surface area contributed by atoms with E-state index in [1.807, 2.05) is 0 Å². The number of benzene rings is 2. The summed E-state index contributed by atoms with van der Waals surface area (Å²) in [5.74, 6) is -0.484. The van der Waals surface area contributed by atoms with Gasteiger partial charge in [0.25, 0.3) is 0 Å². The molecule has 1 atom stereocenters. The number of nitrogens with one attached hydrogen (secondary N) is 2. The molecule has 0 fully saturated rings. The van der Waals surface area contributed by atoms with E-state index in [0.29, 0.717) is 16.3 Å². The Morgan fingerprint density at radius 3 is 2.48 bits per heavy atom. The Morgan fingerprint density at radius 1 is 1.15 bits per heavy atom. The van der Waals surface area contributed by atoms with E-state index < -0.39 is 18.7 Å². The lowest BCUT2D eigenvalue weighted by atomic mass is 9.89. The SMILES string of the molecule is CC1=C(C(=O)c2ccc(Cl)cc2)[C@H](c2ccccc2OC(F)F)NC(=O)N1. The number of Topliss-reactive ketones (excluding diaryl/α,β-unsaturated/α-hetero) is 1. The lowest BCUT2D eigenvalue weighted by Gasteiger charge is -2.29. The van der Waals surface area contributed by atoms with Crippen molar-refractivity contribution in [2.45, 2.75) is 19.6 Å². The summed E-state index contributed by atoms with van der Waals surface area (Å²) in [5, 5.41) is 5.63. The zero-order chi connectivity index (χ0) is 19.6. The van der Waals surface area contributed by atoms with E-state index in [9.17, 15) is 18.4 Å². The van der Waals surface area contributed by atoms with Gasteiger partial charge in [-0.25, -0.2) is 4.79 Å². The number of hydrogen-bond donors (Lipinski definition) is 2. The van der Waals surface area contributed by atoms with Gasteiger partial charge in [0.15, 0.2) is 5.78 Å². The number of ketones is 1. The van der Waals surface area contributed by atoms with Crippen molar-refractivity contribution in [2.75, 3.05) is 0 Å². The zero-order valence-electron chi connectivity index (χ0n) is 14.1. The minimum atomic E-state index is -3.04. The maximum atomic E-state index is 13.1. The first kappa shape index (κ1) is 18.8. The van der Waals surface area contributed by atoms with Gasteiger partial charge >= 0.3 is 12.6 Å². The first-order valence-corrected chi connectivity index (χ1v) is 8.37. The Kier molecular flexibility index (Phi) is 5.41. The molecular weight excluding hydrogens is 378 g/mol. The first-order chi connectivity index (χ1) is 12.9. The summed E-state index contributed by atoms with van der Waals surface area (Å²) in [6.45, 7) is -1.46. The number of carbonyl (C=O) groups excluding carboxylic acids is 2. The van der Waals surface area contributed by atoms with Crippen molar-refractivity contribution in [3.05, 3.63) is 76.0 Å². The second-order valence-corrected chi connectivity index (χ2v) is 6.26. The molecule has 0 bridgehead atoms. The van der Waals surface area contributed by atoms with Crippen molar-refractivity contribution in [1.82, 2.24) is 10.6 Å². The van der Waals surface area contributed by atoms with Crippen molar-refractivity contribution in [1.29, 1.82) is 0 Å². The van der Waals surface area contributed by atoms with Gasteiger partial charge in [0.05, 0.1) is 6.04 Å². The maximum absolute atomic E-state index is 13.1. The largest absolute Gasteiger partial charge is 0.434 e. The molecule has 2 aromatic rings. The molecule has 2 amide bonds. The van der Waals surface area contributed by atoms with Crippen LogP contribution in [-0.2, 0) is 0 Å². The standard InChI is InChI=1S/C19H15ClF2N2O3/c1-10-15(17(25)11-6-8-12(20)9-7-11)16(24-19(26)23-10)13-4-2-3-5-14(13)27-18(21)22/h2-9,16,18H,1H3,(H2,23,24,26)/t16-/m0/s1. The Bertz CT molecular complexity index is 913. The Morgan fingerprint density at radius 2 is 1.81 bits per heavy atom. The number of urea groups is 1. The summed E-state index contributed by atoms with van der Waals surface area (Å²) in [6.07, 6.45) is 0. The quantitative estimate of drug-likeness (QED) is 0.738. The predicted molar refractivity (Wildman–Crippen MR) is 96.0 cm³/mol. The summed E-state index contributed by atoms with van der Waals surface area (Å²) in [5.41, 5.74) is 1.16. The number of ether oxygens (including phenoxy) is 1. The third-order valence-corrected chi connectivity index (χ3v) is 4.32. The lowest BCUT2D eigenvalue weighted by Crippen LogP contribution is -2.45. The molecule has 0 aliphatic carbocycles. The average molecular weight is 393 g/mol. The molecule has 140 valence electrons. The fraction of sp³-hybridized carbons (Fsp3) is 0.158. The van der Waals surface area contributed by atoms with Crippen LogP contribution in [0.5, 0.6) is 5.75 Å². The molecule has 2 N–H and O–H groups in total. The van der Waals surface area contributed by atoms with E-state index in [1.165, 1.54) is 18.2 Å². The molecule has 0 saturated heterocycles. The van der Waals surface area contributed by atoms with Crippen LogP contribution in [0.25, 0.3) is 0 Å². The summed E-state index contributed by atoms with van der Waals surface area (Å²) in [7, 11) is 0. The number of carbonyl (C=O) groups is 2. The first-order valence-electron chi connectivity index (χ1n) is 7.99. The minimum Gasteiger partial charge on any atom is -0.434 e. The van der Waals surface area contributed by atoms with E-state index in [4.69, 9.17) is 11.6 Å². The molecule has 3 rings (SSSR count). The van der Waals surface area contributed by atoms with Crippen molar-refractivity contribution >= 4 is 23.4 Å². The molecule has 1 aliphatic heterocycles. The molecule has 0 spiro atoms.